The first-order chi connectivity index (χ1) is 3.84. The lowest BCUT2D eigenvalue weighted by Gasteiger charge is -1.79. The van der Waals surface area contributed by atoms with E-state index in [2.05, 4.69) is 13.8 Å². The molecule has 1 aliphatic carbocycles. The predicted octanol–water partition coefficient (Wildman–Crippen LogP) is 3.71. The Hall–Kier alpha value is 0. The van der Waals surface area contributed by atoms with E-state index in [0.717, 1.165) is 11.8 Å². The molecule has 9 heavy (non-hydrogen) atoms. The molecule has 1 fully saturated rings. The average Bonchev–Trinajstić information content (AvgIpc) is 2.52. The maximum absolute atomic E-state index is 2.33. The van der Waals surface area contributed by atoms with Gasteiger partial charge in [-0.3, -0.25) is 0 Å². The first kappa shape index (κ1) is 11.8. The van der Waals surface area contributed by atoms with Gasteiger partial charge in [0.15, 0.2) is 0 Å². The zero-order valence-corrected chi connectivity index (χ0v) is 6.57. The second-order valence-corrected chi connectivity index (χ2v) is 2.38. The lowest BCUT2D eigenvalue weighted by molar-refractivity contribution is 0.724. The van der Waals surface area contributed by atoms with Crippen molar-refractivity contribution in [3.8, 4) is 0 Å². The topological polar surface area (TPSA) is 0 Å². The summed E-state index contributed by atoms with van der Waals surface area (Å²) in [6, 6.07) is 0. The third kappa shape index (κ3) is 4.50. The van der Waals surface area contributed by atoms with Gasteiger partial charge in [0.25, 0.3) is 0 Å². The quantitative estimate of drug-likeness (QED) is 0.507. The maximum atomic E-state index is 2.33. The summed E-state index contributed by atoms with van der Waals surface area (Å²) in [6.45, 7) is 8.60. The van der Waals surface area contributed by atoms with Gasteiger partial charge in [-0.05, 0) is 18.3 Å². The lowest BCUT2D eigenvalue weighted by atomic mass is 10.3. The Bertz CT molecular complexity index is 46.0. The van der Waals surface area contributed by atoms with Crippen LogP contribution in [0.15, 0.2) is 0 Å². The number of hydrogen-bond acceptors (Lipinski definition) is 0. The van der Waals surface area contributed by atoms with E-state index in [1.165, 1.54) is 12.8 Å². The summed E-state index contributed by atoms with van der Waals surface area (Å²) in [5, 5.41) is 0. The summed E-state index contributed by atoms with van der Waals surface area (Å²) >= 11 is 0. The summed E-state index contributed by atoms with van der Waals surface area (Å²) in [5.74, 6) is 2.17. The fourth-order valence-electron chi connectivity index (χ4n) is 0.968. The van der Waals surface area contributed by atoms with E-state index in [-0.39, 0.29) is 7.43 Å². The Morgan fingerprint density at radius 2 is 1.67 bits per heavy atom. The first-order valence-corrected chi connectivity index (χ1v) is 3.84. The Morgan fingerprint density at radius 1 is 1.33 bits per heavy atom. The minimum absolute atomic E-state index is 0. The highest BCUT2D eigenvalue weighted by molar-refractivity contribution is 4.80. The molecule has 0 aliphatic heterocycles. The Morgan fingerprint density at radius 3 is 1.67 bits per heavy atom. The highest BCUT2D eigenvalue weighted by Gasteiger charge is 2.29. The molecule has 2 unspecified atom stereocenters. The van der Waals surface area contributed by atoms with Crippen LogP contribution in [0.4, 0.5) is 0 Å². The second kappa shape index (κ2) is 6.12. The van der Waals surface area contributed by atoms with Gasteiger partial charge < -0.3 is 0 Å². The molecule has 0 radical (unpaired) electrons. The van der Waals surface area contributed by atoms with Crippen LogP contribution in [0, 0.1) is 11.8 Å². The lowest BCUT2D eigenvalue weighted by Crippen LogP contribution is -1.68. The van der Waals surface area contributed by atoms with Crippen LogP contribution in [-0.4, -0.2) is 0 Å². The molecule has 0 aromatic carbocycles. The van der Waals surface area contributed by atoms with Crippen molar-refractivity contribution in [3.63, 3.8) is 0 Å². The van der Waals surface area contributed by atoms with Gasteiger partial charge in [-0.25, -0.2) is 0 Å². The highest BCUT2D eigenvalue weighted by Crippen LogP contribution is 2.39. The van der Waals surface area contributed by atoms with Crippen LogP contribution in [0.1, 0.15) is 48.0 Å². The third-order valence-corrected chi connectivity index (χ3v) is 1.80. The molecule has 1 rings (SSSR count). The van der Waals surface area contributed by atoms with Crippen LogP contribution in [0.5, 0.6) is 0 Å². The van der Waals surface area contributed by atoms with Gasteiger partial charge in [0.05, 0.1) is 0 Å². The monoisotopic (exact) mass is 130 g/mol. The van der Waals surface area contributed by atoms with Gasteiger partial charge in [-0.2, -0.15) is 0 Å². The fraction of sp³-hybridized carbons (Fsp3) is 1.00. The summed E-state index contributed by atoms with van der Waals surface area (Å²) in [6.07, 6.45) is 2.90. The molecular weight excluding hydrogens is 108 g/mol. The van der Waals surface area contributed by atoms with E-state index in [4.69, 9.17) is 0 Å². The fourth-order valence-corrected chi connectivity index (χ4v) is 0.968. The summed E-state index contributed by atoms with van der Waals surface area (Å²) in [7, 11) is 0. The van der Waals surface area contributed by atoms with Crippen molar-refractivity contribution in [1.29, 1.82) is 0 Å². The van der Waals surface area contributed by atoms with Crippen molar-refractivity contribution in [2.75, 3.05) is 0 Å². The van der Waals surface area contributed by atoms with Gasteiger partial charge in [-0.15, -0.1) is 0 Å². The molecule has 0 aromatic heterocycles. The van der Waals surface area contributed by atoms with Crippen molar-refractivity contribution in [3.05, 3.63) is 0 Å². The Balaban J connectivity index is 0. The zero-order chi connectivity index (χ0) is 6.57. The van der Waals surface area contributed by atoms with E-state index >= 15 is 0 Å². The summed E-state index contributed by atoms with van der Waals surface area (Å²) in [4.78, 5) is 0. The molecule has 58 valence electrons. The van der Waals surface area contributed by atoms with Crippen molar-refractivity contribution < 1.29 is 0 Å². The normalized spacial score (nSPS) is 29.3. The van der Waals surface area contributed by atoms with Crippen LogP contribution in [0.25, 0.3) is 0 Å². The largest absolute Gasteiger partial charge is 0.0776 e. The molecule has 0 saturated heterocycles. The molecule has 0 heteroatoms. The van der Waals surface area contributed by atoms with Gasteiger partial charge in [0.2, 0.25) is 0 Å². The summed E-state index contributed by atoms with van der Waals surface area (Å²) in [5.41, 5.74) is 0. The molecule has 0 N–H and O–H groups in total. The molecule has 1 aliphatic rings. The average molecular weight is 130 g/mol. The first-order valence-electron chi connectivity index (χ1n) is 3.84. The van der Waals surface area contributed by atoms with Crippen LogP contribution in [-0.2, 0) is 0 Å². The van der Waals surface area contributed by atoms with Gasteiger partial charge in [-0.1, -0.05) is 41.5 Å². The van der Waals surface area contributed by atoms with E-state index < -0.39 is 0 Å². The van der Waals surface area contributed by atoms with Crippen molar-refractivity contribution >= 4 is 0 Å². The highest BCUT2D eigenvalue weighted by atomic mass is 14.3. The zero-order valence-electron chi connectivity index (χ0n) is 6.57. The molecule has 0 spiro atoms. The minimum atomic E-state index is 0. The summed E-state index contributed by atoms with van der Waals surface area (Å²) < 4.78 is 0. The molecule has 1 saturated carbocycles. The van der Waals surface area contributed by atoms with Gasteiger partial charge in [0, 0.05) is 0 Å². The molecule has 0 bridgehead atoms. The van der Waals surface area contributed by atoms with E-state index in [1.54, 1.807) is 0 Å². The van der Waals surface area contributed by atoms with Crippen molar-refractivity contribution in [2.24, 2.45) is 11.8 Å². The van der Waals surface area contributed by atoms with Crippen LogP contribution < -0.4 is 0 Å². The van der Waals surface area contributed by atoms with Crippen molar-refractivity contribution in [1.82, 2.24) is 0 Å². The molecular formula is C9H22. The van der Waals surface area contributed by atoms with E-state index in [9.17, 15) is 0 Å². The molecule has 2 atom stereocenters. The Labute approximate surface area is 60.7 Å². The molecule has 0 aromatic rings. The third-order valence-electron chi connectivity index (χ3n) is 1.80. The second-order valence-electron chi connectivity index (χ2n) is 2.38. The van der Waals surface area contributed by atoms with Crippen molar-refractivity contribution in [2.45, 2.75) is 48.0 Å². The molecule has 0 heterocycles. The van der Waals surface area contributed by atoms with E-state index in [0.29, 0.717) is 0 Å². The molecule has 0 nitrogen and oxygen atoms in total. The Kier molecular flexibility index (Phi) is 8.00. The standard InChI is InChI=1S/C6H12.C2H6.CH4/c1-3-6-4-5(6)2;1-2;/h5-6H,3-4H2,1-2H3;1-2H3;1H4. The molecule has 0 amide bonds. The van der Waals surface area contributed by atoms with Gasteiger partial charge >= 0.3 is 0 Å². The predicted molar refractivity (Wildman–Crippen MR) is 45.6 cm³/mol. The maximum Gasteiger partial charge on any atom is -0.0388 e. The number of rotatable bonds is 1. The van der Waals surface area contributed by atoms with Crippen LogP contribution >= 0.6 is 0 Å². The van der Waals surface area contributed by atoms with Gasteiger partial charge in [0.1, 0.15) is 0 Å². The minimum Gasteiger partial charge on any atom is -0.0776 e. The SMILES string of the molecule is C.CC.CCC1CC1C. The van der Waals surface area contributed by atoms with E-state index in [1.807, 2.05) is 13.8 Å². The number of hydrogen-bond donors (Lipinski definition) is 0. The smallest absolute Gasteiger partial charge is 0.0388 e. The van der Waals surface area contributed by atoms with Crippen LogP contribution in [0.2, 0.25) is 0 Å². The van der Waals surface area contributed by atoms with Crippen LogP contribution in [0.3, 0.4) is 0 Å².